The number of ether oxygens (including phenoxy) is 1. The van der Waals surface area contributed by atoms with Gasteiger partial charge in [-0.3, -0.25) is 4.90 Å². The van der Waals surface area contributed by atoms with Crippen LogP contribution in [0.1, 0.15) is 57.9 Å². The maximum absolute atomic E-state index is 5.25. The van der Waals surface area contributed by atoms with Crippen molar-refractivity contribution < 1.29 is 4.74 Å². The Bertz CT molecular complexity index is 395. The maximum atomic E-state index is 5.25. The number of benzene rings is 1. The van der Waals surface area contributed by atoms with Crippen molar-refractivity contribution in [3.63, 3.8) is 0 Å². The van der Waals surface area contributed by atoms with E-state index in [-0.39, 0.29) is 0 Å². The number of hydrogen-bond acceptors (Lipinski definition) is 2. The molecule has 0 amide bonds. The second kappa shape index (κ2) is 8.43. The molecule has 2 rings (SSSR count). The minimum Gasteiger partial charge on any atom is -0.497 e. The molecular weight excluding hydrogens is 258 g/mol. The van der Waals surface area contributed by atoms with Gasteiger partial charge in [0.15, 0.2) is 0 Å². The van der Waals surface area contributed by atoms with Gasteiger partial charge in [-0.1, -0.05) is 38.3 Å². The highest BCUT2D eigenvalue weighted by atomic mass is 16.5. The molecule has 0 radical (unpaired) electrons. The average molecular weight is 289 g/mol. The molecule has 0 bridgehead atoms. The van der Waals surface area contributed by atoms with E-state index in [1.807, 2.05) is 0 Å². The Hall–Kier alpha value is -1.02. The molecule has 1 aromatic carbocycles. The predicted molar refractivity (Wildman–Crippen MR) is 89.7 cm³/mol. The Labute approximate surface area is 130 Å². The largest absolute Gasteiger partial charge is 0.497 e. The highest BCUT2D eigenvalue weighted by molar-refractivity contribution is 5.27. The summed E-state index contributed by atoms with van der Waals surface area (Å²) in [6.07, 6.45) is 8.38. The smallest absolute Gasteiger partial charge is 0.118 e. The normalized spacial score (nSPS) is 17.9. The molecule has 0 spiro atoms. The van der Waals surface area contributed by atoms with Crippen molar-refractivity contribution in [3.05, 3.63) is 29.8 Å². The van der Waals surface area contributed by atoms with Crippen molar-refractivity contribution in [2.24, 2.45) is 5.92 Å². The molecule has 2 heteroatoms. The van der Waals surface area contributed by atoms with Gasteiger partial charge in [0.1, 0.15) is 5.75 Å². The van der Waals surface area contributed by atoms with E-state index in [1.54, 1.807) is 7.11 Å². The van der Waals surface area contributed by atoms with Crippen LogP contribution in [0.4, 0.5) is 0 Å². The minimum absolute atomic E-state index is 0.661. The lowest BCUT2D eigenvalue weighted by atomic mass is 9.88. The zero-order valence-corrected chi connectivity index (χ0v) is 14.0. The van der Waals surface area contributed by atoms with Gasteiger partial charge < -0.3 is 4.74 Å². The summed E-state index contributed by atoms with van der Waals surface area (Å²) in [6.45, 7) is 7.00. The second-order valence-electron chi connectivity index (χ2n) is 6.54. The van der Waals surface area contributed by atoms with Crippen LogP contribution in [-0.2, 0) is 6.54 Å². The zero-order chi connectivity index (χ0) is 15.1. The van der Waals surface area contributed by atoms with Crippen molar-refractivity contribution in [3.8, 4) is 5.75 Å². The molecule has 1 aliphatic rings. The Morgan fingerprint density at radius 1 is 1.14 bits per heavy atom. The van der Waals surface area contributed by atoms with Gasteiger partial charge >= 0.3 is 0 Å². The number of hydrogen-bond donors (Lipinski definition) is 0. The van der Waals surface area contributed by atoms with Crippen LogP contribution in [0, 0.1) is 5.92 Å². The highest BCUT2D eigenvalue weighted by Gasteiger charge is 2.20. The van der Waals surface area contributed by atoms with Crippen LogP contribution in [-0.4, -0.2) is 24.6 Å². The van der Waals surface area contributed by atoms with E-state index < -0.39 is 0 Å². The van der Waals surface area contributed by atoms with E-state index in [0.29, 0.717) is 6.04 Å². The first-order valence-corrected chi connectivity index (χ1v) is 8.60. The molecule has 0 N–H and O–H groups in total. The van der Waals surface area contributed by atoms with Gasteiger partial charge in [-0.15, -0.1) is 0 Å². The summed E-state index contributed by atoms with van der Waals surface area (Å²) >= 11 is 0. The first-order valence-electron chi connectivity index (χ1n) is 8.60. The number of nitrogens with zero attached hydrogens (tertiary/aromatic N) is 1. The standard InChI is InChI=1S/C19H31NO/c1-4-16(2)20(14-17-8-6-5-7-9-17)15-18-10-12-19(21-3)13-11-18/h10-13,16-17H,4-9,14-15H2,1-3H3. The molecule has 0 aromatic heterocycles. The summed E-state index contributed by atoms with van der Waals surface area (Å²) in [5.74, 6) is 1.85. The summed E-state index contributed by atoms with van der Waals surface area (Å²) in [4.78, 5) is 2.68. The van der Waals surface area contributed by atoms with E-state index in [9.17, 15) is 0 Å². The van der Waals surface area contributed by atoms with Crippen molar-refractivity contribution in [1.29, 1.82) is 0 Å². The Morgan fingerprint density at radius 3 is 2.38 bits per heavy atom. The fourth-order valence-electron chi connectivity index (χ4n) is 3.33. The van der Waals surface area contributed by atoms with Gasteiger partial charge in [-0.05, 0) is 49.8 Å². The molecule has 0 aliphatic heterocycles. The molecule has 1 saturated carbocycles. The lowest BCUT2D eigenvalue weighted by Gasteiger charge is -2.33. The highest BCUT2D eigenvalue weighted by Crippen LogP contribution is 2.26. The molecule has 1 aromatic rings. The quantitative estimate of drug-likeness (QED) is 0.709. The van der Waals surface area contributed by atoms with Crippen LogP contribution < -0.4 is 4.74 Å². The first-order chi connectivity index (χ1) is 10.2. The fourth-order valence-corrected chi connectivity index (χ4v) is 3.33. The molecule has 0 saturated heterocycles. The average Bonchev–Trinajstić information content (AvgIpc) is 2.55. The Kier molecular flexibility index (Phi) is 6.56. The third-order valence-electron chi connectivity index (χ3n) is 4.98. The van der Waals surface area contributed by atoms with Gasteiger partial charge in [0.25, 0.3) is 0 Å². The lowest BCUT2D eigenvalue weighted by molar-refractivity contribution is 0.146. The first kappa shape index (κ1) is 16.4. The van der Waals surface area contributed by atoms with Crippen LogP contribution in [0.25, 0.3) is 0 Å². The maximum Gasteiger partial charge on any atom is 0.118 e. The van der Waals surface area contributed by atoms with Crippen LogP contribution in [0.5, 0.6) is 5.75 Å². The third-order valence-corrected chi connectivity index (χ3v) is 4.98. The molecule has 0 heterocycles. The molecule has 1 unspecified atom stereocenters. The van der Waals surface area contributed by atoms with Crippen molar-refractivity contribution in [2.45, 2.75) is 65.0 Å². The summed E-state index contributed by atoms with van der Waals surface area (Å²) in [5.41, 5.74) is 1.40. The van der Waals surface area contributed by atoms with Crippen LogP contribution in [0.2, 0.25) is 0 Å². The SMILES string of the molecule is CCC(C)N(Cc1ccc(OC)cc1)CC1CCCCC1. The van der Waals surface area contributed by atoms with Gasteiger partial charge in [0.2, 0.25) is 0 Å². The summed E-state index contributed by atoms with van der Waals surface area (Å²) in [6, 6.07) is 9.22. The van der Waals surface area contributed by atoms with Gasteiger partial charge in [0.05, 0.1) is 7.11 Å². The number of rotatable bonds is 7. The van der Waals surface area contributed by atoms with E-state index in [4.69, 9.17) is 4.74 Å². The number of methoxy groups -OCH3 is 1. The van der Waals surface area contributed by atoms with Crippen molar-refractivity contribution >= 4 is 0 Å². The van der Waals surface area contributed by atoms with Crippen molar-refractivity contribution in [2.75, 3.05) is 13.7 Å². The second-order valence-corrected chi connectivity index (χ2v) is 6.54. The fraction of sp³-hybridized carbons (Fsp3) is 0.684. The van der Waals surface area contributed by atoms with Gasteiger partial charge in [-0.25, -0.2) is 0 Å². The van der Waals surface area contributed by atoms with Crippen LogP contribution in [0.15, 0.2) is 24.3 Å². The van der Waals surface area contributed by atoms with Gasteiger partial charge in [-0.2, -0.15) is 0 Å². The van der Waals surface area contributed by atoms with Crippen molar-refractivity contribution in [1.82, 2.24) is 4.90 Å². The molecule has 2 nitrogen and oxygen atoms in total. The molecule has 21 heavy (non-hydrogen) atoms. The van der Waals surface area contributed by atoms with Gasteiger partial charge in [0, 0.05) is 19.1 Å². The minimum atomic E-state index is 0.661. The molecule has 1 atom stereocenters. The molecule has 1 aliphatic carbocycles. The van der Waals surface area contributed by atoms with Crippen LogP contribution >= 0.6 is 0 Å². The van der Waals surface area contributed by atoms with E-state index in [2.05, 4.69) is 43.0 Å². The molecule has 118 valence electrons. The summed E-state index contributed by atoms with van der Waals surface area (Å²) in [7, 11) is 1.73. The molecular formula is C19H31NO. The van der Waals surface area contributed by atoms with E-state index >= 15 is 0 Å². The Balaban J connectivity index is 1.97. The summed E-state index contributed by atoms with van der Waals surface area (Å²) in [5, 5.41) is 0. The monoisotopic (exact) mass is 289 g/mol. The summed E-state index contributed by atoms with van der Waals surface area (Å²) < 4.78 is 5.25. The third kappa shape index (κ3) is 5.03. The predicted octanol–water partition coefficient (Wildman–Crippen LogP) is 4.88. The van der Waals surface area contributed by atoms with Crippen LogP contribution in [0.3, 0.4) is 0 Å². The van der Waals surface area contributed by atoms with E-state index in [1.165, 1.54) is 50.6 Å². The molecule has 1 fully saturated rings. The van der Waals surface area contributed by atoms with E-state index in [0.717, 1.165) is 18.2 Å². The lowest BCUT2D eigenvalue weighted by Crippen LogP contribution is -2.36. The Morgan fingerprint density at radius 2 is 1.81 bits per heavy atom. The topological polar surface area (TPSA) is 12.5 Å². The zero-order valence-electron chi connectivity index (χ0n) is 14.0.